The molecule has 0 aromatic heterocycles. The monoisotopic (exact) mass is 429 g/mol. The number of carbonyl (C=O) groups excluding carboxylic acids is 3. The minimum Gasteiger partial charge on any atom is -0.508 e. The van der Waals surface area contributed by atoms with Crippen molar-refractivity contribution in [3.8, 4) is 5.75 Å². The number of unbranched alkanes of at least 4 members (excludes halogenated alkanes) is 1. The van der Waals surface area contributed by atoms with Gasteiger partial charge in [0.05, 0.1) is 18.3 Å². The van der Waals surface area contributed by atoms with E-state index in [1.807, 2.05) is 19.1 Å². The Morgan fingerprint density at radius 1 is 1.29 bits per heavy atom. The van der Waals surface area contributed by atoms with Crippen LogP contribution in [0.25, 0.3) is 0 Å². The second kappa shape index (κ2) is 7.76. The van der Waals surface area contributed by atoms with E-state index in [4.69, 9.17) is 10.5 Å². The molecule has 5 N–H and O–H groups in total. The molecule has 5 atom stereocenters. The molecule has 4 rings (SSSR count). The Bertz CT molecular complexity index is 984. The highest BCUT2D eigenvalue weighted by Gasteiger charge is 2.62. The lowest BCUT2D eigenvalue weighted by atomic mass is 9.58. The molecule has 0 bridgehead atoms. The highest BCUT2D eigenvalue weighted by Crippen LogP contribution is 2.51. The molecule has 3 aliphatic carbocycles. The molecule has 2 unspecified atom stereocenters. The molecule has 0 saturated heterocycles. The molecule has 8 nitrogen and oxygen atoms in total. The van der Waals surface area contributed by atoms with Gasteiger partial charge in [-0.1, -0.05) is 25.5 Å². The second-order valence-electron chi connectivity index (χ2n) is 8.73. The molecule has 1 aromatic carbocycles. The smallest absolute Gasteiger partial charge is 0.230 e. The van der Waals surface area contributed by atoms with Crippen molar-refractivity contribution in [1.82, 2.24) is 0 Å². The zero-order valence-electron chi connectivity index (χ0n) is 17.3. The minimum absolute atomic E-state index is 0.0225. The third-order valence-corrected chi connectivity index (χ3v) is 6.87. The lowest BCUT2D eigenvalue weighted by molar-refractivity contribution is -0.167. The summed E-state index contributed by atoms with van der Waals surface area (Å²) in [5.74, 6) is -5.81. The van der Waals surface area contributed by atoms with E-state index in [0.29, 0.717) is 24.3 Å². The number of allylic oxidation sites excluding steroid dienone is 1. The number of ketones is 2. The number of aliphatic hydroxyl groups is 3. The average Bonchev–Trinajstić information content (AvgIpc) is 2.70. The van der Waals surface area contributed by atoms with Crippen molar-refractivity contribution in [2.24, 2.45) is 23.5 Å². The molecule has 166 valence electrons. The number of rotatable bonds is 5. The first-order valence-electron chi connectivity index (χ1n) is 10.7. The fourth-order valence-corrected chi connectivity index (χ4v) is 5.30. The molecule has 8 heteroatoms. The maximum atomic E-state index is 13.5. The van der Waals surface area contributed by atoms with Gasteiger partial charge in [-0.25, -0.2) is 0 Å². The van der Waals surface area contributed by atoms with E-state index in [-0.39, 0.29) is 18.4 Å². The number of hydrogen-bond donors (Lipinski definition) is 4. The molecule has 0 heterocycles. The van der Waals surface area contributed by atoms with Gasteiger partial charge in [-0.2, -0.15) is 0 Å². The summed E-state index contributed by atoms with van der Waals surface area (Å²) < 4.78 is 5.80. The van der Waals surface area contributed by atoms with Crippen molar-refractivity contribution in [2.75, 3.05) is 6.61 Å². The molecule has 1 fully saturated rings. The molecule has 3 aliphatic rings. The zero-order chi connectivity index (χ0) is 22.5. The largest absolute Gasteiger partial charge is 0.508 e. The van der Waals surface area contributed by atoms with Gasteiger partial charge >= 0.3 is 0 Å². The molecule has 0 spiro atoms. The number of Topliss-reactive ketones (excluding diaryl/α,β-unsaturated/α-hetero) is 2. The van der Waals surface area contributed by atoms with Crippen LogP contribution in [0.2, 0.25) is 0 Å². The van der Waals surface area contributed by atoms with Crippen molar-refractivity contribution in [3.05, 3.63) is 40.7 Å². The molecule has 1 saturated carbocycles. The summed E-state index contributed by atoms with van der Waals surface area (Å²) >= 11 is 0. The predicted octanol–water partition coefficient (Wildman–Crippen LogP) is 1.22. The Kier molecular flexibility index (Phi) is 5.39. The first-order valence-corrected chi connectivity index (χ1v) is 10.7. The van der Waals surface area contributed by atoms with E-state index in [1.165, 1.54) is 0 Å². The molecule has 1 aromatic rings. The van der Waals surface area contributed by atoms with Crippen molar-refractivity contribution in [3.63, 3.8) is 0 Å². The van der Waals surface area contributed by atoms with E-state index in [2.05, 4.69) is 0 Å². The van der Waals surface area contributed by atoms with Crippen molar-refractivity contribution in [2.45, 2.75) is 50.7 Å². The number of amides is 1. The fourth-order valence-electron chi connectivity index (χ4n) is 5.30. The summed E-state index contributed by atoms with van der Waals surface area (Å²) in [6.45, 7) is 2.47. The van der Waals surface area contributed by atoms with Gasteiger partial charge in [-0.05, 0) is 43.2 Å². The van der Waals surface area contributed by atoms with Gasteiger partial charge in [0.25, 0.3) is 0 Å². The first-order chi connectivity index (χ1) is 14.7. The van der Waals surface area contributed by atoms with Crippen LogP contribution in [0, 0.1) is 17.8 Å². The van der Waals surface area contributed by atoms with Gasteiger partial charge in [-0.15, -0.1) is 0 Å². The maximum absolute atomic E-state index is 13.5. The van der Waals surface area contributed by atoms with Crippen LogP contribution in [-0.2, 0) is 16.0 Å². The summed E-state index contributed by atoms with van der Waals surface area (Å²) in [5.41, 5.74) is 3.93. The summed E-state index contributed by atoms with van der Waals surface area (Å²) in [4.78, 5) is 38.2. The van der Waals surface area contributed by atoms with Crippen molar-refractivity contribution >= 4 is 17.5 Å². The highest BCUT2D eigenvalue weighted by atomic mass is 16.5. The van der Waals surface area contributed by atoms with E-state index in [0.717, 1.165) is 18.4 Å². The van der Waals surface area contributed by atoms with Gasteiger partial charge in [-0.3, -0.25) is 14.4 Å². The summed E-state index contributed by atoms with van der Waals surface area (Å²) in [5, 5.41) is 32.6. The van der Waals surface area contributed by atoms with E-state index < -0.39 is 52.7 Å². The molecule has 31 heavy (non-hydrogen) atoms. The van der Waals surface area contributed by atoms with Crippen LogP contribution in [0.1, 0.15) is 48.5 Å². The third-order valence-electron chi connectivity index (χ3n) is 6.87. The number of benzene rings is 1. The van der Waals surface area contributed by atoms with E-state index in [9.17, 15) is 29.7 Å². The van der Waals surface area contributed by atoms with Gasteiger partial charge in [0.2, 0.25) is 5.91 Å². The Balaban J connectivity index is 1.79. The van der Waals surface area contributed by atoms with Crippen molar-refractivity contribution < 1.29 is 34.4 Å². The number of primary amides is 1. The van der Waals surface area contributed by atoms with Crippen LogP contribution in [0.5, 0.6) is 5.75 Å². The SMILES string of the molecule is CCCCOc1cccc2c1C(=O)C1=C(O)[C@]3(O)C(=O)C(C(N)=O)C(O)C[C@@H]3C[C@@H]1C2. The van der Waals surface area contributed by atoms with Crippen LogP contribution in [-0.4, -0.2) is 51.1 Å². The number of fused-ring (bicyclic) bond motifs is 3. The topological polar surface area (TPSA) is 147 Å². The molecular formula is C23H27NO7. The van der Waals surface area contributed by atoms with E-state index in [1.54, 1.807) is 6.07 Å². The predicted molar refractivity (Wildman–Crippen MR) is 109 cm³/mol. The minimum atomic E-state index is -2.42. The Morgan fingerprint density at radius 3 is 2.71 bits per heavy atom. The number of carbonyl (C=O) groups is 3. The van der Waals surface area contributed by atoms with Gasteiger partial charge < -0.3 is 25.8 Å². The summed E-state index contributed by atoms with van der Waals surface area (Å²) in [6.07, 6.45) is 0.986. The highest BCUT2D eigenvalue weighted by molar-refractivity contribution is 6.15. The molecule has 0 aliphatic heterocycles. The van der Waals surface area contributed by atoms with E-state index >= 15 is 0 Å². The fraction of sp³-hybridized carbons (Fsp3) is 0.522. The normalized spacial score (nSPS) is 32.2. The zero-order valence-corrected chi connectivity index (χ0v) is 17.3. The standard InChI is InChI=1S/C23H27NO7/c1-2-3-7-31-15-6-4-5-11-8-12-9-13-10-14(25)18(22(24)29)21(28)23(13,30)20(27)17(12)19(26)16(11)15/h4-6,12-14,18,25,27,30H,2-3,7-10H2,1H3,(H2,24,29)/t12-,13-,14?,18?,23-/m0/s1. The first kappa shape index (κ1) is 21.5. The summed E-state index contributed by atoms with van der Waals surface area (Å²) in [6, 6.07) is 5.33. The molecule has 1 amide bonds. The van der Waals surface area contributed by atoms with Crippen LogP contribution in [0.15, 0.2) is 29.5 Å². The number of aliphatic hydroxyl groups excluding tert-OH is 2. The number of hydrogen-bond acceptors (Lipinski definition) is 7. The van der Waals surface area contributed by atoms with Gasteiger partial charge in [0.1, 0.15) is 17.4 Å². The summed E-state index contributed by atoms with van der Waals surface area (Å²) in [7, 11) is 0. The van der Waals surface area contributed by atoms with Crippen LogP contribution >= 0.6 is 0 Å². The third kappa shape index (κ3) is 3.16. The average molecular weight is 429 g/mol. The lowest BCUT2D eigenvalue weighted by Crippen LogP contribution is -2.63. The second-order valence-corrected chi connectivity index (χ2v) is 8.73. The Hall–Kier alpha value is -2.71. The van der Waals surface area contributed by atoms with Crippen molar-refractivity contribution in [1.29, 1.82) is 0 Å². The number of nitrogens with two attached hydrogens (primary N) is 1. The van der Waals surface area contributed by atoms with Crippen LogP contribution < -0.4 is 10.5 Å². The Morgan fingerprint density at radius 2 is 2.03 bits per heavy atom. The number of ether oxygens (including phenoxy) is 1. The van der Waals surface area contributed by atoms with Crippen LogP contribution in [0.3, 0.4) is 0 Å². The molecule has 0 radical (unpaired) electrons. The molecular weight excluding hydrogens is 402 g/mol. The lowest BCUT2D eigenvalue weighted by Gasteiger charge is -2.48. The van der Waals surface area contributed by atoms with Crippen LogP contribution in [0.4, 0.5) is 0 Å². The Labute approximate surface area is 179 Å². The quantitative estimate of drug-likeness (QED) is 0.406. The van der Waals surface area contributed by atoms with Gasteiger partial charge in [0.15, 0.2) is 17.2 Å². The maximum Gasteiger partial charge on any atom is 0.230 e. The van der Waals surface area contributed by atoms with Gasteiger partial charge in [0, 0.05) is 11.5 Å².